The molecule has 168 valence electrons. The fraction of sp³-hybridized carbons (Fsp3) is 0.700. The number of hydrogen-bond acceptors (Lipinski definition) is 5. The zero-order valence-electron chi connectivity index (χ0n) is 16.6. The van der Waals surface area contributed by atoms with Crippen molar-refractivity contribution in [2.75, 3.05) is 26.2 Å². The van der Waals surface area contributed by atoms with Crippen LogP contribution in [0.5, 0.6) is 0 Å². The molecule has 2 saturated heterocycles. The molecule has 1 saturated carbocycles. The number of piperidine rings is 1. The second-order valence-corrected chi connectivity index (χ2v) is 8.06. The molecule has 0 aromatic carbocycles. The van der Waals surface area contributed by atoms with Crippen LogP contribution in [0.25, 0.3) is 0 Å². The molecule has 3 heterocycles. The Morgan fingerprint density at radius 2 is 1.97 bits per heavy atom. The molecule has 2 N–H and O–H groups in total. The minimum atomic E-state index is -5.08. The van der Waals surface area contributed by atoms with Crippen molar-refractivity contribution in [3.05, 3.63) is 24.2 Å². The van der Waals surface area contributed by atoms with Crippen molar-refractivity contribution in [1.29, 1.82) is 0 Å². The normalized spacial score (nSPS) is 26.8. The van der Waals surface area contributed by atoms with Crippen molar-refractivity contribution in [3.63, 3.8) is 0 Å². The number of nitrogens with zero attached hydrogens (tertiary/aromatic N) is 1. The van der Waals surface area contributed by atoms with Crippen LogP contribution in [0.2, 0.25) is 0 Å². The van der Waals surface area contributed by atoms with Crippen LogP contribution in [0.1, 0.15) is 31.4 Å². The summed E-state index contributed by atoms with van der Waals surface area (Å²) in [5.41, 5.74) is 0. The highest BCUT2D eigenvalue weighted by Crippen LogP contribution is 2.36. The number of nitrogens with one attached hydrogen (secondary N) is 1. The number of fused-ring (bicyclic) bond motifs is 1. The van der Waals surface area contributed by atoms with Crippen molar-refractivity contribution in [2.24, 2.45) is 17.8 Å². The van der Waals surface area contributed by atoms with E-state index in [2.05, 4.69) is 10.2 Å². The molecular weight excluding hydrogens is 405 g/mol. The van der Waals surface area contributed by atoms with Crippen LogP contribution in [0, 0.1) is 17.8 Å². The Hall–Kier alpha value is -2.07. The van der Waals surface area contributed by atoms with Crippen LogP contribution in [-0.4, -0.2) is 60.4 Å². The average molecular weight is 432 g/mol. The Balaban J connectivity index is 0.000000318. The number of likely N-dealkylation sites (tertiary alicyclic amines) is 1. The number of furan rings is 1. The summed E-state index contributed by atoms with van der Waals surface area (Å²) in [7, 11) is 0. The summed E-state index contributed by atoms with van der Waals surface area (Å²) >= 11 is 0. The zero-order chi connectivity index (χ0) is 21.7. The number of carbonyl (C=O) groups excluding carboxylic acids is 1. The van der Waals surface area contributed by atoms with Crippen LogP contribution in [0.3, 0.4) is 0 Å². The zero-order valence-corrected chi connectivity index (χ0v) is 16.6. The third-order valence-electron chi connectivity index (χ3n) is 5.76. The van der Waals surface area contributed by atoms with E-state index < -0.39 is 12.1 Å². The molecule has 1 aromatic rings. The molecule has 0 unspecified atom stereocenters. The molecule has 30 heavy (non-hydrogen) atoms. The largest absolute Gasteiger partial charge is 0.490 e. The Morgan fingerprint density at radius 1 is 1.23 bits per heavy atom. The number of amides is 1. The molecular formula is C20H27F3N2O5. The van der Waals surface area contributed by atoms with Crippen molar-refractivity contribution in [3.8, 4) is 0 Å². The van der Waals surface area contributed by atoms with E-state index in [1.807, 2.05) is 12.1 Å². The summed E-state index contributed by atoms with van der Waals surface area (Å²) in [6.07, 6.45) is 1.49. The number of carboxylic acid groups (broad SMARTS) is 1. The van der Waals surface area contributed by atoms with Gasteiger partial charge in [0.15, 0.2) is 0 Å². The minimum Gasteiger partial charge on any atom is -0.475 e. The van der Waals surface area contributed by atoms with Gasteiger partial charge in [0.1, 0.15) is 5.76 Å². The monoisotopic (exact) mass is 432 g/mol. The first-order valence-electron chi connectivity index (χ1n) is 10.2. The van der Waals surface area contributed by atoms with Gasteiger partial charge in [-0.15, -0.1) is 0 Å². The number of carboxylic acids is 1. The Morgan fingerprint density at radius 3 is 2.57 bits per heavy atom. The highest BCUT2D eigenvalue weighted by Gasteiger charge is 2.42. The number of rotatable bonds is 5. The lowest BCUT2D eigenvalue weighted by molar-refractivity contribution is -0.192. The van der Waals surface area contributed by atoms with Gasteiger partial charge in [-0.05, 0) is 43.7 Å². The Bertz CT molecular complexity index is 706. The third-order valence-corrected chi connectivity index (χ3v) is 5.76. The van der Waals surface area contributed by atoms with Gasteiger partial charge in [0.2, 0.25) is 5.91 Å². The van der Waals surface area contributed by atoms with Gasteiger partial charge in [0.25, 0.3) is 0 Å². The standard InChI is InChI=1S/C18H26N2O3.C2HF3O2/c21-18(19-10-14-2-1-8-22-14)15-6-9-23-17-5-7-20(12-16(15)17)11-13-3-4-13;3-2(4,5)1(6)7/h1-2,8,13,15-17H,3-7,9-12H2,(H,19,21);(H,6,7)/t15-,16+,17-;/m1./s1. The predicted octanol–water partition coefficient (Wildman–Crippen LogP) is 2.67. The molecule has 0 radical (unpaired) electrons. The minimum absolute atomic E-state index is 0.0747. The van der Waals surface area contributed by atoms with Gasteiger partial charge in [-0.1, -0.05) is 0 Å². The number of hydrogen-bond donors (Lipinski definition) is 2. The van der Waals surface area contributed by atoms with E-state index in [0.717, 1.165) is 37.6 Å². The summed E-state index contributed by atoms with van der Waals surface area (Å²) in [5.74, 6) is -0.470. The lowest BCUT2D eigenvalue weighted by Crippen LogP contribution is -2.53. The van der Waals surface area contributed by atoms with Crippen LogP contribution in [-0.2, 0) is 20.9 Å². The number of ether oxygens (including phenoxy) is 1. The maximum atomic E-state index is 12.7. The highest BCUT2D eigenvalue weighted by atomic mass is 19.4. The van der Waals surface area contributed by atoms with Crippen LogP contribution < -0.4 is 5.32 Å². The maximum Gasteiger partial charge on any atom is 0.490 e. The van der Waals surface area contributed by atoms with E-state index in [0.29, 0.717) is 19.1 Å². The average Bonchev–Trinajstić information content (AvgIpc) is 3.36. The number of aliphatic carboxylic acids is 1. The number of halogens is 3. The predicted molar refractivity (Wildman–Crippen MR) is 99.4 cm³/mol. The van der Waals surface area contributed by atoms with Crippen molar-refractivity contribution in [2.45, 2.75) is 44.5 Å². The van der Waals surface area contributed by atoms with Crippen LogP contribution in [0.15, 0.2) is 22.8 Å². The number of carbonyl (C=O) groups is 2. The van der Waals surface area contributed by atoms with E-state index in [9.17, 15) is 18.0 Å². The number of alkyl halides is 3. The first-order chi connectivity index (χ1) is 14.2. The van der Waals surface area contributed by atoms with Gasteiger partial charge in [-0.3, -0.25) is 4.79 Å². The van der Waals surface area contributed by atoms with E-state index in [4.69, 9.17) is 19.1 Å². The molecule has 3 atom stereocenters. The van der Waals surface area contributed by atoms with Crippen molar-refractivity contribution >= 4 is 11.9 Å². The van der Waals surface area contributed by atoms with Crippen LogP contribution >= 0.6 is 0 Å². The first kappa shape index (κ1) is 22.6. The van der Waals surface area contributed by atoms with Crippen LogP contribution in [0.4, 0.5) is 13.2 Å². The van der Waals surface area contributed by atoms with Gasteiger partial charge >= 0.3 is 12.1 Å². The molecule has 10 heteroatoms. The fourth-order valence-corrected chi connectivity index (χ4v) is 4.06. The summed E-state index contributed by atoms with van der Waals surface area (Å²) in [6, 6.07) is 3.74. The fourth-order valence-electron chi connectivity index (χ4n) is 4.06. The van der Waals surface area contributed by atoms with E-state index in [1.165, 1.54) is 19.4 Å². The molecule has 1 amide bonds. The quantitative estimate of drug-likeness (QED) is 0.743. The molecule has 2 aliphatic heterocycles. The molecule has 4 rings (SSSR count). The Kier molecular flexibility index (Phi) is 7.41. The maximum absolute atomic E-state index is 12.7. The molecule has 3 fully saturated rings. The SMILES string of the molecule is O=C(NCc1ccco1)[C@@H]1CCO[C@@H]2CCN(CC3CC3)C[C@H]21.O=C(O)C(F)(F)F. The topological polar surface area (TPSA) is 92.0 Å². The van der Waals surface area contributed by atoms with Gasteiger partial charge in [0.05, 0.1) is 18.9 Å². The molecule has 7 nitrogen and oxygen atoms in total. The summed E-state index contributed by atoms with van der Waals surface area (Å²) in [6.45, 7) is 4.54. The summed E-state index contributed by atoms with van der Waals surface area (Å²) < 4.78 is 43.0. The van der Waals surface area contributed by atoms with Gasteiger partial charge in [-0.2, -0.15) is 13.2 Å². The molecule has 0 bridgehead atoms. The second kappa shape index (κ2) is 9.82. The highest BCUT2D eigenvalue weighted by molar-refractivity contribution is 5.79. The van der Waals surface area contributed by atoms with Crippen molar-refractivity contribution < 1.29 is 37.0 Å². The smallest absolute Gasteiger partial charge is 0.475 e. The van der Waals surface area contributed by atoms with Crippen molar-refractivity contribution in [1.82, 2.24) is 10.2 Å². The Labute approximate surface area is 172 Å². The third kappa shape index (κ3) is 6.46. The summed E-state index contributed by atoms with van der Waals surface area (Å²) in [4.78, 5) is 24.1. The molecule has 1 aromatic heterocycles. The molecule has 0 spiro atoms. The van der Waals surface area contributed by atoms with Gasteiger partial charge < -0.3 is 24.5 Å². The van der Waals surface area contributed by atoms with E-state index in [-0.39, 0.29) is 17.9 Å². The van der Waals surface area contributed by atoms with Gasteiger partial charge in [0, 0.05) is 38.1 Å². The van der Waals surface area contributed by atoms with Gasteiger partial charge in [-0.25, -0.2) is 4.79 Å². The van der Waals surface area contributed by atoms with E-state index in [1.54, 1.807) is 6.26 Å². The molecule has 1 aliphatic carbocycles. The summed E-state index contributed by atoms with van der Waals surface area (Å²) in [5, 5.41) is 10.2. The lowest BCUT2D eigenvalue weighted by atomic mass is 9.79. The lowest BCUT2D eigenvalue weighted by Gasteiger charge is -2.44. The van der Waals surface area contributed by atoms with E-state index >= 15 is 0 Å². The molecule has 3 aliphatic rings. The second-order valence-electron chi connectivity index (χ2n) is 8.06. The first-order valence-corrected chi connectivity index (χ1v) is 10.2.